The minimum atomic E-state index is 0.0954. The van der Waals surface area contributed by atoms with E-state index < -0.39 is 0 Å². The van der Waals surface area contributed by atoms with Crippen LogP contribution in [0.15, 0.2) is 100 Å². The highest BCUT2D eigenvalue weighted by Gasteiger charge is 2.14. The third-order valence-electron chi connectivity index (χ3n) is 5.32. The number of phenols is 1. The fourth-order valence-electron chi connectivity index (χ4n) is 3.52. The summed E-state index contributed by atoms with van der Waals surface area (Å²) >= 11 is 0. The van der Waals surface area contributed by atoms with Crippen molar-refractivity contribution < 1.29 is 14.3 Å². The summed E-state index contributed by atoms with van der Waals surface area (Å²) in [7, 11) is 0. The number of aryl methyl sites for hydroxylation is 1. The van der Waals surface area contributed by atoms with Gasteiger partial charge in [-0.15, -0.1) is 0 Å². The molecule has 5 nitrogen and oxygen atoms in total. The van der Waals surface area contributed by atoms with Gasteiger partial charge in [0, 0.05) is 6.21 Å². The zero-order valence-electron chi connectivity index (χ0n) is 18.1. The first-order valence-corrected chi connectivity index (χ1v) is 10.7. The molecule has 0 aliphatic carbocycles. The number of aromatic hydroxyl groups is 1. The van der Waals surface area contributed by atoms with Gasteiger partial charge < -0.3 is 14.3 Å². The van der Waals surface area contributed by atoms with E-state index in [1.165, 1.54) is 0 Å². The normalized spacial score (nSPS) is 11.3. The number of nitrogens with zero attached hydrogens (tertiary/aromatic N) is 2. The van der Waals surface area contributed by atoms with Crippen LogP contribution in [0.1, 0.15) is 16.7 Å². The Labute approximate surface area is 191 Å². The number of phenolic OH excluding ortho intramolecular Hbond substituents is 1. The first-order chi connectivity index (χ1) is 16.2. The predicted octanol–water partition coefficient (Wildman–Crippen LogP) is 6.84. The number of fused-ring (bicyclic) bond motifs is 1. The first-order valence-electron chi connectivity index (χ1n) is 10.7. The summed E-state index contributed by atoms with van der Waals surface area (Å²) < 4.78 is 11.7. The number of hydrogen-bond donors (Lipinski definition) is 1. The van der Waals surface area contributed by atoms with Gasteiger partial charge >= 0.3 is 0 Å². The van der Waals surface area contributed by atoms with Crippen molar-refractivity contribution >= 4 is 23.0 Å². The Morgan fingerprint density at radius 1 is 0.939 bits per heavy atom. The number of para-hydroxylation sites is 1. The minimum Gasteiger partial charge on any atom is -0.507 e. The van der Waals surface area contributed by atoms with Crippen LogP contribution in [0, 0.1) is 6.92 Å². The van der Waals surface area contributed by atoms with E-state index in [9.17, 15) is 5.11 Å². The highest BCUT2D eigenvalue weighted by atomic mass is 16.5. The van der Waals surface area contributed by atoms with Gasteiger partial charge in [-0.2, -0.15) is 0 Å². The van der Waals surface area contributed by atoms with Crippen LogP contribution < -0.4 is 4.74 Å². The molecular formula is C28H22N2O3. The number of aromatic nitrogens is 1. The van der Waals surface area contributed by atoms with Crippen molar-refractivity contribution in [2.45, 2.75) is 13.5 Å². The number of hydrogen-bond acceptors (Lipinski definition) is 5. The molecule has 0 amide bonds. The molecule has 0 aliphatic heterocycles. The van der Waals surface area contributed by atoms with Gasteiger partial charge in [-0.1, -0.05) is 42.5 Å². The molecule has 0 radical (unpaired) electrons. The largest absolute Gasteiger partial charge is 0.507 e. The number of rotatable bonds is 6. The van der Waals surface area contributed by atoms with Crippen molar-refractivity contribution in [3.8, 4) is 23.0 Å². The SMILES string of the molecule is Cc1cccc2oc(-c3cc(N=Cc4ccc(OCc5ccccc5)cc4)ccc3O)nc12. The van der Waals surface area contributed by atoms with Gasteiger partial charge in [0.15, 0.2) is 5.58 Å². The number of aliphatic imine (C=N–C) groups is 1. The Hall–Kier alpha value is -4.38. The van der Waals surface area contributed by atoms with Crippen LogP contribution in [0.3, 0.4) is 0 Å². The van der Waals surface area contributed by atoms with Crippen LogP contribution >= 0.6 is 0 Å². The van der Waals surface area contributed by atoms with Crippen molar-refractivity contribution in [3.63, 3.8) is 0 Å². The number of oxazole rings is 1. The lowest BCUT2D eigenvalue weighted by atomic mass is 10.1. The van der Waals surface area contributed by atoms with Crippen molar-refractivity contribution in [3.05, 3.63) is 108 Å². The summed E-state index contributed by atoms with van der Waals surface area (Å²) in [5.41, 5.74) is 5.75. The fourth-order valence-corrected chi connectivity index (χ4v) is 3.52. The lowest BCUT2D eigenvalue weighted by Gasteiger charge is -2.06. The maximum absolute atomic E-state index is 10.4. The maximum atomic E-state index is 10.4. The van der Waals surface area contributed by atoms with Crippen LogP contribution in [0.25, 0.3) is 22.6 Å². The van der Waals surface area contributed by atoms with Crippen LogP contribution in [0.4, 0.5) is 5.69 Å². The van der Waals surface area contributed by atoms with Gasteiger partial charge in [0.2, 0.25) is 5.89 Å². The third-order valence-corrected chi connectivity index (χ3v) is 5.32. The molecule has 0 spiro atoms. The Morgan fingerprint density at radius 2 is 1.76 bits per heavy atom. The smallest absolute Gasteiger partial charge is 0.231 e. The molecule has 0 saturated carbocycles. The zero-order valence-corrected chi connectivity index (χ0v) is 18.1. The standard InChI is InChI=1S/C28H22N2O3/c1-19-6-5-9-26-27(19)30-28(33-26)24-16-22(12-15-25(24)31)29-17-20-10-13-23(14-11-20)32-18-21-7-3-2-4-8-21/h2-17,31H,18H2,1H3. The monoisotopic (exact) mass is 434 g/mol. The third kappa shape index (κ3) is 4.62. The van der Waals surface area contributed by atoms with Gasteiger partial charge in [0.1, 0.15) is 23.6 Å². The zero-order chi connectivity index (χ0) is 22.6. The van der Waals surface area contributed by atoms with E-state index >= 15 is 0 Å². The predicted molar refractivity (Wildman–Crippen MR) is 130 cm³/mol. The highest BCUT2D eigenvalue weighted by molar-refractivity contribution is 5.84. The van der Waals surface area contributed by atoms with E-state index in [4.69, 9.17) is 9.15 Å². The molecule has 4 aromatic carbocycles. The molecule has 5 aromatic rings. The Morgan fingerprint density at radius 3 is 2.55 bits per heavy atom. The second-order valence-corrected chi connectivity index (χ2v) is 7.74. The van der Waals surface area contributed by atoms with Crippen LogP contribution in [0.2, 0.25) is 0 Å². The van der Waals surface area contributed by atoms with Gasteiger partial charge in [-0.3, -0.25) is 4.99 Å². The molecular weight excluding hydrogens is 412 g/mol. The first kappa shape index (κ1) is 20.5. The van der Waals surface area contributed by atoms with E-state index in [-0.39, 0.29) is 5.75 Å². The van der Waals surface area contributed by atoms with E-state index in [1.54, 1.807) is 24.4 Å². The molecule has 33 heavy (non-hydrogen) atoms. The molecule has 0 unspecified atom stereocenters. The molecule has 1 aromatic heterocycles. The van der Waals surface area contributed by atoms with Crippen LogP contribution in [-0.2, 0) is 6.61 Å². The highest BCUT2D eigenvalue weighted by Crippen LogP contribution is 2.34. The van der Waals surface area contributed by atoms with Gasteiger partial charge in [0.25, 0.3) is 0 Å². The van der Waals surface area contributed by atoms with E-state index in [0.29, 0.717) is 29.3 Å². The average molecular weight is 434 g/mol. The van der Waals surface area contributed by atoms with Crippen molar-refractivity contribution in [1.29, 1.82) is 0 Å². The van der Waals surface area contributed by atoms with Crippen molar-refractivity contribution in [2.75, 3.05) is 0 Å². The summed E-state index contributed by atoms with van der Waals surface area (Å²) in [6, 6.07) is 28.7. The quantitative estimate of drug-likeness (QED) is 0.297. The molecule has 1 heterocycles. The number of benzene rings is 4. The molecule has 0 saturated heterocycles. The van der Waals surface area contributed by atoms with Gasteiger partial charge in [0.05, 0.1) is 11.3 Å². The van der Waals surface area contributed by atoms with Crippen LogP contribution in [-0.4, -0.2) is 16.3 Å². The summed E-state index contributed by atoms with van der Waals surface area (Å²) in [6.45, 7) is 2.51. The van der Waals surface area contributed by atoms with Crippen molar-refractivity contribution in [1.82, 2.24) is 4.98 Å². The Bertz CT molecular complexity index is 1420. The molecule has 5 heteroatoms. The Balaban J connectivity index is 1.32. The maximum Gasteiger partial charge on any atom is 0.231 e. The molecule has 0 bridgehead atoms. The average Bonchev–Trinajstić information content (AvgIpc) is 3.29. The topological polar surface area (TPSA) is 67.9 Å². The summed E-state index contributed by atoms with van der Waals surface area (Å²) in [5, 5.41) is 10.4. The van der Waals surface area contributed by atoms with Gasteiger partial charge in [-0.25, -0.2) is 4.98 Å². The van der Waals surface area contributed by atoms with Crippen LogP contribution in [0.5, 0.6) is 11.5 Å². The molecule has 162 valence electrons. The van der Waals surface area contributed by atoms with E-state index in [2.05, 4.69) is 9.98 Å². The summed E-state index contributed by atoms with van der Waals surface area (Å²) in [5.74, 6) is 1.26. The van der Waals surface area contributed by atoms with E-state index in [0.717, 1.165) is 28.0 Å². The molecule has 1 N–H and O–H groups in total. The van der Waals surface area contributed by atoms with Gasteiger partial charge in [-0.05, 0) is 72.1 Å². The lowest BCUT2D eigenvalue weighted by molar-refractivity contribution is 0.306. The molecule has 0 atom stereocenters. The summed E-state index contributed by atoms with van der Waals surface area (Å²) in [6.07, 6.45) is 1.77. The lowest BCUT2D eigenvalue weighted by Crippen LogP contribution is -1.94. The minimum absolute atomic E-state index is 0.0954. The summed E-state index contributed by atoms with van der Waals surface area (Å²) in [4.78, 5) is 9.11. The number of ether oxygens (including phenoxy) is 1. The van der Waals surface area contributed by atoms with Crippen molar-refractivity contribution in [2.24, 2.45) is 4.99 Å². The molecule has 5 rings (SSSR count). The second kappa shape index (κ2) is 9.01. The molecule has 0 fully saturated rings. The second-order valence-electron chi connectivity index (χ2n) is 7.74. The van der Waals surface area contributed by atoms with E-state index in [1.807, 2.05) is 79.7 Å². The molecule has 0 aliphatic rings. The Kier molecular flexibility index (Phi) is 5.60. The fraction of sp³-hybridized carbons (Fsp3) is 0.0714.